The van der Waals surface area contributed by atoms with Crippen molar-refractivity contribution in [1.82, 2.24) is 4.98 Å². The van der Waals surface area contributed by atoms with E-state index in [1.807, 2.05) is 0 Å². The van der Waals surface area contributed by atoms with E-state index in [1.54, 1.807) is 42.6 Å². The molecule has 1 N–H and O–H groups in total. The predicted octanol–water partition coefficient (Wildman–Crippen LogP) is 5.28. The van der Waals surface area contributed by atoms with Gasteiger partial charge in [0.25, 0.3) is 0 Å². The third kappa shape index (κ3) is 7.11. The molecule has 2 aromatic carbocycles. The van der Waals surface area contributed by atoms with Gasteiger partial charge in [-0.1, -0.05) is 24.3 Å². The number of nitrogens with zero attached hydrogens (tertiary/aromatic N) is 1. The molecule has 1 aliphatic heterocycles. The van der Waals surface area contributed by atoms with Gasteiger partial charge in [0.1, 0.15) is 24.1 Å². The molecule has 2 heterocycles. The summed E-state index contributed by atoms with van der Waals surface area (Å²) in [6, 6.07) is 13.5. The molecule has 0 unspecified atom stereocenters. The third-order valence-corrected chi connectivity index (χ3v) is 6.01. The Morgan fingerprint density at radius 2 is 1.81 bits per heavy atom. The van der Waals surface area contributed by atoms with Crippen molar-refractivity contribution in [3.05, 3.63) is 71.9 Å². The van der Waals surface area contributed by atoms with Gasteiger partial charge in [0.05, 0.1) is 25.0 Å². The third-order valence-electron chi connectivity index (χ3n) is 5.42. The summed E-state index contributed by atoms with van der Waals surface area (Å²) in [5.41, 5.74) is 1.13. The van der Waals surface area contributed by atoms with Crippen LogP contribution < -0.4 is 14.2 Å². The summed E-state index contributed by atoms with van der Waals surface area (Å²) >= 11 is 0. The van der Waals surface area contributed by atoms with Crippen LogP contribution >= 0.6 is 0 Å². The van der Waals surface area contributed by atoms with Gasteiger partial charge >= 0.3 is 6.18 Å². The van der Waals surface area contributed by atoms with Crippen LogP contribution in [0.15, 0.2) is 60.8 Å². The molecule has 7 nitrogen and oxygen atoms in total. The molecule has 4 rings (SSSR count). The number of pyridine rings is 1. The molecule has 0 radical (unpaired) electrons. The maximum absolute atomic E-state index is 13.0. The Labute approximate surface area is 207 Å². The molecule has 192 valence electrons. The average molecular weight is 523 g/mol. The lowest BCUT2D eigenvalue weighted by atomic mass is 10.1. The van der Waals surface area contributed by atoms with Crippen LogP contribution in [0.5, 0.6) is 11.6 Å². The molecule has 0 aliphatic carbocycles. The molecule has 3 aromatic rings. The highest BCUT2D eigenvalue weighted by Crippen LogP contribution is 2.33. The second-order valence-electron chi connectivity index (χ2n) is 8.40. The number of nitrogens with one attached hydrogen (secondary N) is 1. The maximum atomic E-state index is 13.0. The minimum atomic E-state index is -4.43. The van der Waals surface area contributed by atoms with Crippen LogP contribution in [-0.2, 0) is 27.5 Å². The lowest BCUT2D eigenvalue weighted by Crippen LogP contribution is -2.26. The molecule has 11 heteroatoms. The van der Waals surface area contributed by atoms with Crippen molar-refractivity contribution in [2.45, 2.75) is 31.7 Å². The van der Waals surface area contributed by atoms with Gasteiger partial charge in [-0.25, -0.2) is 13.4 Å². The Bertz CT molecular complexity index is 1310. The number of hydrogen-bond acceptors (Lipinski definition) is 6. The molecule has 0 spiro atoms. The first-order chi connectivity index (χ1) is 17.1. The summed E-state index contributed by atoms with van der Waals surface area (Å²) < 4.78 is 82.2. The zero-order valence-corrected chi connectivity index (χ0v) is 20.2. The average Bonchev–Trinajstić information content (AvgIpc) is 2.83. The Kier molecular flexibility index (Phi) is 7.70. The van der Waals surface area contributed by atoms with E-state index < -0.39 is 21.8 Å². The van der Waals surface area contributed by atoms with E-state index in [0.717, 1.165) is 18.4 Å². The predicted molar refractivity (Wildman–Crippen MR) is 128 cm³/mol. The molecule has 1 fully saturated rings. The first kappa shape index (κ1) is 25.8. The van der Waals surface area contributed by atoms with Crippen molar-refractivity contribution in [1.29, 1.82) is 0 Å². The summed E-state index contributed by atoms with van der Waals surface area (Å²) in [6.45, 7) is 1.07. The van der Waals surface area contributed by atoms with E-state index in [2.05, 4.69) is 9.71 Å². The zero-order chi connectivity index (χ0) is 25.8. The van der Waals surface area contributed by atoms with Gasteiger partial charge in [-0.3, -0.25) is 4.72 Å². The second-order valence-corrected chi connectivity index (χ2v) is 10.1. The number of sulfonamides is 1. The summed E-state index contributed by atoms with van der Waals surface area (Å²) in [5, 5.41) is 0. The Morgan fingerprint density at radius 1 is 1.06 bits per heavy atom. The van der Waals surface area contributed by atoms with Crippen molar-refractivity contribution in [3.63, 3.8) is 0 Å². The molecule has 0 amide bonds. The lowest BCUT2D eigenvalue weighted by Gasteiger charge is -2.24. The summed E-state index contributed by atoms with van der Waals surface area (Å²) in [6.07, 6.45) is -0.611. The smallest absolute Gasteiger partial charge is 0.416 e. The van der Waals surface area contributed by atoms with Crippen molar-refractivity contribution < 1.29 is 35.8 Å². The minimum Gasteiger partial charge on any atom is -0.489 e. The second kappa shape index (κ2) is 10.8. The van der Waals surface area contributed by atoms with E-state index in [1.165, 1.54) is 6.07 Å². The van der Waals surface area contributed by atoms with Crippen LogP contribution in [0.3, 0.4) is 0 Å². The molecule has 1 saturated heterocycles. The normalized spacial score (nSPS) is 14.9. The van der Waals surface area contributed by atoms with Crippen LogP contribution in [0.4, 0.5) is 18.9 Å². The van der Waals surface area contributed by atoms with Crippen molar-refractivity contribution in [3.8, 4) is 22.8 Å². The Morgan fingerprint density at radius 3 is 2.53 bits per heavy atom. The van der Waals surface area contributed by atoms with E-state index in [-0.39, 0.29) is 24.3 Å². The number of aromatic nitrogens is 1. The highest BCUT2D eigenvalue weighted by atomic mass is 32.2. The first-order valence-electron chi connectivity index (χ1n) is 11.2. The van der Waals surface area contributed by atoms with Crippen LogP contribution in [0.2, 0.25) is 0 Å². The molecular formula is C25H25F3N2O5S. The molecule has 36 heavy (non-hydrogen) atoms. The van der Waals surface area contributed by atoms with E-state index in [4.69, 9.17) is 14.2 Å². The fourth-order valence-electron chi connectivity index (χ4n) is 3.70. The number of ether oxygens (including phenoxy) is 3. The first-order valence-corrected chi connectivity index (χ1v) is 13.1. The molecular weight excluding hydrogens is 497 g/mol. The van der Waals surface area contributed by atoms with Crippen LogP contribution in [0, 0.1) is 0 Å². The maximum Gasteiger partial charge on any atom is 0.416 e. The summed E-state index contributed by atoms with van der Waals surface area (Å²) in [4.78, 5) is 4.35. The van der Waals surface area contributed by atoms with Crippen LogP contribution in [0.25, 0.3) is 11.1 Å². The topological polar surface area (TPSA) is 86.8 Å². The highest BCUT2D eigenvalue weighted by Gasteiger charge is 2.30. The van der Waals surface area contributed by atoms with Crippen molar-refractivity contribution in [2.75, 3.05) is 24.2 Å². The van der Waals surface area contributed by atoms with E-state index in [0.29, 0.717) is 48.5 Å². The molecule has 1 aliphatic rings. The fraction of sp³-hybridized carbons (Fsp3) is 0.320. The van der Waals surface area contributed by atoms with Gasteiger partial charge in [-0.15, -0.1) is 0 Å². The SMILES string of the molecule is CS(=O)(=O)Nc1cc(-c2cccc(OCc3cccc(C(F)(F)F)c3)c2)cnc1OC1CCOCC1. The van der Waals surface area contributed by atoms with E-state index >= 15 is 0 Å². The number of alkyl halides is 3. The van der Waals surface area contributed by atoms with Gasteiger partial charge in [0.2, 0.25) is 15.9 Å². The van der Waals surface area contributed by atoms with Crippen LogP contribution in [-0.4, -0.2) is 39.0 Å². The van der Waals surface area contributed by atoms with Gasteiger partial charge in [-0.05, 0) is 41.5 Å². The summed E-state index contributed by atoms with van der Waals surface area (Å²) in [5.74, 6) is 0.609. The largest absolute Gasteiger partial charge is 0.489 e. The number of rotatable bonds is 8. The number of halogens is 3. The number of hydrogen-bond donors (Lipinski definition) is 1. The molecule has 0 bridgehead atoms. The van der Waals surface area contributed by atoms with Gasteiger partial charge in [0, 0.05) is 24.6 Å². The Hall–Kier alpha value is -3.31. The minimum absolute atomic E-state index is 0.0512. The Balaban J connectivity index is 1.54. The fourth-order valence-corrected chi connectivity index (χ4v) is 4.24. The lowest BCUT2D eigenvalue weighted by molar-refractivity contribution is -0.137. The highest BCUT2D eigenvalue weighted by molar-refractivity contribution is 7.92. The molecule has 1 aromatic heterocycles. The number of benzene rings is 2. The molecule has 0 atom stereocenters. The van der Waals surface area contributed by atoms with Crippen LogP contribution in [0.1, 0.15) is 24.0 Å². The van der Waals surface area contributed by atoms with Gasteiger partial charge in [0.15, 0.2) is 0 Å². The summed E-state index contributed by atoms with van der Waals surface area (Å²) in [7, 11) is -3.60. The quantitative estimate of drug-likeness (QED) is 0.434. The monoisotopic (exact) mass is 522 g/mol. The standard InChI is InChI=1S/C25H25F3N2O5S/c1-36(31,32)30-23-14-19(15-29-24(23)35-21-8-10-33-11-9-21)18-5-3-7-22(13-18)34-16-17-4-2-6-20(12-17)25(26,27)28/h2-7,12-15,21,30H,8-11,16H2,1H3. The van der Waals surface area contributed by atoms with Gasteiger partial charge < -0.3 is 14.2 Å². The number of anilines is 1. The van der Waals surface area contributed by atoms with Crippen molar-refractivity contribution >= 4 is 15.7 Å². The van der Waals surface area contributed by atoms with Gasteiger partial charge in [-0.2, -0.15) is 13.2 Å². The molecule has 0 saturated carbocycles. The zero-order valence-electron chi connectivity index (χ0n) is 19.4. The van der Waals surface area contributed by atoms with Crippen molar-refractivity contribution in [2.24, 2.45) is 0 Å². The van der Waals surface area contributed by atoms with E-state index in [9.17, 15) is 21.6 Å².